The van der Waals surface area contributed by atoms with E-state index in [2.05, 4.69) is 5.32 Å². The molecule has 2 N–H and O–H groups in total. The Balaban J connectivity index is 1.52. The van der Waals surface area contributed by atoms with Crippen LogP contribution in [0.2, 0.25) is 5.02 Å². The van der Waals surface area contributed by atoms with Gasteiger partial charge in [0.2, 0.25) is 11.8 Å². The number of nitrogens with zero attached hydrogens (tertiary/aromatic N) is 2. The summed E-state index contributed by atoms with van der Waals surface area (Å²) in [7, 11) is 0. The second-order valence-electron chi connectivity index (χ2n) is 6.47. The van der Waals surface area contributed by atoms with E-state index in [9.17, 15) is 19.5 Å². The number of aliphatic hydroxyl groups excluding tert-OH is 1. The molecule has 0 radical (unpaired) electrons. The molecule has 1 aromatic heterocycles. The van der Waals surface area contributed by atoms with Crippen LogP contribution >= 0.6 is 11.6 Å². The molecule has 3 rings (SSSR count). The smallest absolute Gasteiger partial charge is 0.250 e. The molecule has 1 aliphatic rings. The zero-order valence-electron chi connectivity index (χ0n) is 14.5. The number of hydrogen-bond donors (Lipinski definition) is 2. The van der Waals surface area contributed by atoms with E-state index in [4.69, 9.17) is 11.6 Å². The second kappa shape index (κ2) is 8.37. The predicted molar refractivity (Wildman–Crippen MR) is 102 cm³/mol. The quantitative estimate of drug-likeness (QED) is 0.772. The topological polar surface area (TPSA) is 91.6 Å². The highest BCUT2D eigenvalue weighted by Gasteiger charge is 2.35. The van der Waals surface area contributed by atoms with Crippen LogP contribution in [0, 0.1) is 5.92 Å². The van der Waals surface area contributed by atoms with E-state index in [1.807, 2.05) is 0 Å². The summed E-state index contributed by atoms with van der Waals surface area (Å²) in [6.07, 6.45) is 0.786. The maximum Gasteiger partial charge on any atom is 0.250 e. The Kier molecular flexibility index (Phi) is 5.93. The summed E-state index contributed by atoms with van der Waals surface area (Å²) in [4.78, 5) is 37.8. The highest BCUT2D eigenvalue weighted by Crippen LogP contribution is 2.26. The van der Waals surface area contributed by atoms with Gasteiger partial charge in [-0.25, -0.2) is 0 Å². The van der Waals surface area contributed by atoms with Gasteiger partial charge in [0.25, 0.3) is 5.56 Å². The van der Waals surface area contributed by atoms with Gasteiger partial charge in [-0.1, -0.05) is 17.7 Å². The summed E-state index contributed by atoms with van der Waals surface area (Å²) < 4.78 is 1.37. The van der Waals surface area contributed by atoms with Gasteiger partial charge in [-0.05, 0) is 30.3 Å². The number of nitrogens with one attached hydrogen (secondary N) is 1. The van der Waals surface area contributed by atoms with Crippen molar-refractivity contribution in [1.29, 1.82) is 0 Å². The van der Waals surface area contributed by atoms with Crippen molar-refractivity contribution in [2.24, 2.45) is 5.92 Å². The summed E-state index contributed by atoms with van der Waals surface area (Å²) in [6.45, 7) is 0.368. The first-order valence-electron chi connectivity index (χ1n) is 8.61. The van der Waals surface area contributed by atoms with E-state index >= 15 is 0 Å². The van der Waals surface area contributed by atoms with E-state index in [-0.39, 0.29) is 43.4 Å². The first-order valence-corrected chi connectivity index (χ1v) is 8.99. The fraction of sp³-hybridized carbons (Fsp3) is 0.316. The average Bonchev–Trinajstić information content (AvgIpc) is 3.04. The third-order valence-corrected chi connectivity index (χ3v) is 4.70. The SMILES string of the molecule is O=C(NCC(O)Cn1ccccc1=O)C1CC(=O)N(c2ccc(Cl)cc2)C1. The van der Waals surface area contributed by atoms with Gasteiger partial charge in [0.05, 0.1) is 18.6 Å². The monoisotopic (exact) mass is 389 g/mol. The standard InChI is InChI=1S/C19H20ClN3O4/c20-14-4-6-15(7-5-14)23-11-13(9-18(23)26)19(27)21-10-16(24)12-22-8-2-1-3-17(22)25/h1-8,13,16,24H,9-12H2,(H,21,27). The molecule has 1 aliphatic heterocycles. The van der Waals surface area contributed by atoms with Crippen LogP contribution in [0.1, 0.15) is 6.42 Å². The molecule has 1 fully saturated rings. The second-order valence-corrected chi connectivity index (χ2v) is 6.91. The number of pyridine rings is 1. The van der Waals surface area contributed by atoms with E-state index in [1.165, 1.54) is 10.6 Å². The molecule has 0 saturated carbocycles. The summed E-state index contributed by atoms with van der Waals surface area (Å²) in [6, 6.07) is 11.6. The maximum atomic E-state index is 12.4. The average molecular weight is 390 g/mol. The molecule has 2 aromatic rings. The minimum Gasteiger partial charge on any atom is -0.389 e. The van der Waals surface area contributed by atoms with Crippen LogP contribution in [0.15, 0.2) is 53.5 Å². The van der Waals surface area contributed by atoms with Crippen LogP contribution < -0.4 is 15.8 Å². The number of aromatic nitrogens is 1. The van der Waals surface area contributed by atoms with Gasteiger partial charge >= 0.3 is 0 Å². The number of halogens is 1. The lowest BCUT2D eigenvalue weighted by Crippen LogP contribution is -2.39. The predicted octanol–water partition coefficient (Wildman–Crippen LogP) is 1.03. The number of anilines is 1. The summed E-state index contributed by atoms with van der Waals surface area (Å²) in [5.74, 6) is -0.909. The molecule has 0 spiro atoms. The van der Waals surface area contributed by atoms with Crippen LogP contribution in [0.4, 0.5) is 5.69 Å². The van der Waals surface area contributed by atoms with Gasteiger partial charge in [0, 0.05) is 42.5 Å². The number of carbonyl (C=O) groups is 2. The molecule has 2 unspecified atom stereocenters. The van der Waals surface area contributed by atoms with Crippen LogP contribution in [0.25, 0.3) is 0 Å². The number of aliphatic hydroxyl groups is 1. The van der Waals surface area contributed by atoms with Crippen molar-refractivity contribution in [3.63, 3.8) is 0 Å². The van der Waals surface area contributed by atoms with Crippen molar-refractivity contribution in [2.45, 2.75) is 19.1 Å². The third kappa shape index (κ3) is 4.75. The largest absolute Gasteiger partial charge is 0.389 e. The number of benzene rings is 1. The number of carbonyl (C=O) groups excluding carboxylic acids is 2. The third-order valence-electron chi connectivity index (χ3n) is 4.45. The normalized spacial score (nSPS) is 17.8. The fourth-order valence-electron chi connectivity index (χ4n) is 3.02. The first-order chi connectivity index (χ1) is 12.9. The van der Waals surface area contributed by atoms with Crippen molar-refractivity contribution in [1.82, 2.24) is 9.88 Å². The Morgan fingerprint density at radius 3 is 2.67 bits per heavy atom. The van der Waals surface area contributed by atoms with E-state index in [0.29, 0.717) is 10.7 Å². The highest BCUT2D eigenvalue weighted by atomic mass is 35.5. The van der Waals surface area contributed by atoms with Crippen LogP contribution in [-0.2, 0) is 16.1 Å². The van der Waals surface area contributed by atoms with Gasteiger partial charge in [-0.3, -0.25) is 14.4 Å². The van der Waals surface area contributed by atoms with Gasteiger partial charge < -0.3 is 19.9 Å². The molecule has 2 heterocycles. The molecule has 0 aliphatic carbocycles. The van der Waals surface area contributed by atoms with Crippen LogP contribution in [0.5, 0.6) is 0 Å². The van der Waals surface area contributed by atoms with Crippen LogP contribution in [0.3, 0.4) is 0 Å². The number of hydrogen-bond acceptors (Lipinski definition) is 4. The van der Waals surface area contributed by atoms with Gasteiger partial charge in [-0.15, -0.1) is 0 Å². The summed E-state index contributed by atoms with van der Waals surface area (Å²) in [5, 5.41) is 13.3. The molecule has 2 atom stereocenters. The fourth-order valence-corrected chi connectivity index (χ4v) is 3.15. The summed E-state index contributed by atoms with van der Waals surface area (Å²) >= 11 is 5.86. The Hall–Kier alpha value is -2.64. The highest BCUT2D eigenvalue weighted by molar-refractivity contribution is 6.30. The van der Waals surface area contributed by atoms with Gasteiger partial charge in [0.1, 0.15) is 0 Å². The molecule has 27 heavy (non-hydrogen) atoms. The zero-order valence-corrected chi connectivity index (χ0v) is 15.3. The lowest BCUT2D eigenvalue weighted by Gasteiger charge is -2.17. The zero-order chi connectivity index (χ0) is 19.4. The van der Waals surface area contributed by atoms with Crippen molar-refractivity contribution in [2.75, 3.05) is 18.0 Å². The first kappa shape index (κ1) is 19.1. The van der Waals surface area contributed by atoms with Crippen molar-refractivity contribution < 1.29 is 14.7 Å². The lowest BCUT2D eigenvalue weighted by molar-refractivity contribution is -0.126. The van der Waals surface area contributed by atoms with E-state index < -0.39 is 12.0 Å². The Morgan fingerprint density at radius 1 is 1.22 bits per heavy atom. The van der Waals surface area contributed by atoms with E-state index in [1.54, 1.807) is 47.5 Å². The molecular weight excluding hydrogens is 370 g/mol. The lowest BCUT2D eigenvalue weighted by atomic mass is 10.1. The minimum absolute atomic E-state index is 0.00576. The maximum absolute atomic E-state index is 12.4. The van der Waals surface area contributed by atoms with Crippen molar-refractivity contribution >= 4 is 29.1 Å². The summed E-state index contributed by atoms with van der Waals surface area (Å²) in [5.41, 5.74) is 0.478. The molecule has 1 saturated heterocycles. The van der Waals surface area contributed by atoms with Crippen molar-refractivity contribution in [3.8, 4) is 0 Å². The van der Waals surface area contributed by atoms with Gasteiger partial charge in [-0.2, -0.15) is 0 Å². The number of amides is 2. The molecule has 7 nitrogen and oxygen atoms in total. The Bertz CT molecular complexity index is 881. The molecule has 0 bridgehead atoms. The Morgan fingerprint density at radius 2 is 1.96 bits per heavy atom. The number of rotatable bonds is 6. The molecule has 2 amide bonds. The molecule has 1 aromatic carbocycles. The minimum atomic E-state index is -0.904. The van der Waals surface area contributed by atoms with Gasteiger partial charge in [0.15, 0.2) is 0 Å². The molecular formula is C19H20ClN3O4. The van der Waals surface area contributed by atoms with Crippen molar-refractivity contribution in [3.05, 3.63) is 64.0 Å². The van der Waals surface area contributed by atoms with Crippen LogP contribution in [-0.4, -0.2) is 40.7 Å². The van der Waals surface area contributed by atoms with E-state index in [0.717, 1.165) is 0 Å². The Labute approximate surface area is 161 Å². The molecule has 8 heteroatoms. The molecule has 142 valence electrons.